The zero-order chi connectivity index (χ0) is 14.6. The largest absolute Gasteiger partial charge is 0.481 e. The highest BCUT2D eigenvalue weighted by Crippen LogP contribution is 2.29. The van der Waals surface area contributed by atoms with Gasteiger partial charge in [-0.15, -0.1) is 0 Å². The summed E-state index contributed by atoms with van der Waals surface area (Å²) in [6.07, 6.45) is 2.17. The molecule has 0 bridgehead atoms. The van der Waals surface area contributed by atoms with E-state index in [1.807, 2.05) is 30.3 Å². The number of carbonyl (C=O) groups excluding carboxylic acids is 1. The fourth-order valence-corrected chi connectivity index (χ4v) is 1.97. The van der Waals surface area contributed by atoms with Crippen LogP contribution >= 0.6 is 0 Å². The summed E-state index contributed by atoms with van der Waals surface area (Å²) in [5.74, 6) is -2.68. The molecule has 0 saturated heterocycles. The van der Waals surface area contributed by atoms with E-state index in [9.17, 15) is 9.59 Å². The Labute approximate surface area is 115 Å². The van der Waals surface area contributed by atoms with E-state index in [2.05, 4.69) is 0 Å². The Kier molecular flexibility index (Phi) is 4.05. The number of nitrogens with two attached hydrogens (primary N) is 1. The van der Waals surface area contributed by atoms with Crippen LogP contribution in [0.2, 0.25) is 0 Å². The molecule has 0 amide bonds. The number of carbonyl (C=O) groups is 2. The van der Waals surface area contributed by atoms with Gasteiger partial charge in [0.05, 0.1) is 6.26 Å². The minimum absolute atomic E-state index is 0.104. The lowest BCUT2D eigenvalue weighted by Gasteiger charge is -2.27. The Morgan fingerprint density at radius 2 is 2.05 bits per heavy atom. The van der Waals surface area contributed by atoms with Crippen LogP contribution in [0.1, 0.15) is 12.0 Å². The Bertz CT molecular complexity index is 528. The molecular weight excluding hydrogens is 262 g/mol. The molecule has 0 spiro atoms. The van der Waals surface area contributed by atoms with Crippen LogP contribution in [0, 0.1) is 5.92 Å². The third-order valence-electron chi connectivity index (χ3n) is 2.99. The number of carboxylic acid groups (broad SMARTS) is 1. The average molecular weight is 277 g/mol. The van der Waals surface area contributed by atoms with E-state index in [0.29, 0.717) is 0 Å². The van der Waals surface area contributed by atoms with Crippen molar-refractivity contribution in [1.82, 2.24) is 0 Å². The molecule has 0 saturated carbocycles. The lowest BCUT2D eigenvalue weighted by atomic mass is 9.95. The summed E-state index contributed by atoms with van der Waals surface area (Å²) in [4.78, 5) is 22.8. The van der Waals surface area contributed by atoms with Gasteiger partial charge in [-0.25, -0.2) is 0 Å². The van der Waals surface area contributed by atoms with Gasteiger partial charge in [0.15, 0.2) is 5.72 Å². The maximum Gasteiger partial charge on any atom is 0.318 e. The molecule has 2 rings (SSSR count). The number of hydrogen-bond acceptors (Lipinski definition) is 5. The minimum atomic E-state index is -1.58. The van der Waals surface area contributed by atoms with Crippen LogP contribution in [0.5, 0.6) is 0 Å². The molecule has 2 atom stereocenters. The molecule has 0 unspecified atom stereocenters. The number of ether oxygens (including phenoxy) is 2. The van der Waals surface area contributed by atoms with Crippen molar-refractivity contribution in [3.8, 4) is 0 Å². The highest BCUT2D eigenvalue weighted by Gasteiger charge is 2.46. The molecule has 0 fully saturated rings. The summed E-state index contributed by atoms with van der Waals surface area (Å²) >= 11 is 0. The Hall–Kier alpha value is -2.34. The highest BCUT2D eigenvalue weighted by atomic mass is 16.5. The van der Waals surface area contributed by atoms with Gasteiger partial charge in [0, 0.05) is 0 Å². The number of rotatable bonds is 5. The van der Waals surface area contributed by atoms with Crippen molar-refractivity contribution >= 4 is 11.9 Å². The molecule has 1 aliphatic heterocycles. The summed E-state index contributed by atoms with van der Waals surface area (Å²) in [7, 11) is 0. The number of carboxylic acids is 1. The van der Waals surface area contributed by atoms with Crippen molar-refractivity contribution in [2.24, 2.45) is 11.7 Å². The van der Waals surface area contributed by atoms with Gasteiger partial charge in [-0.05, 0) is 11.6 Å². The molecule has 1 heterocycles. The first-order valence-electron chi connectivity index (χ1n) is 6.07. The average Bonchev–Trinajstić information content (AvgIpc) is 2.78. The molecule has 0 aliphatic carbocycles. The predicted octanol–water partition coefficient (Wildman–Crippen LogP) is 1.02. The van der Waals surface area contributed by atoms with E-state index in [-0.39, 0.29) is 6.61 Å². The first kappa shape index (κ1) is 14.1. The number of hydrogen-bond donors (Lipinski definition) is 2. The second-order valence-corrected chi connectivity index (χ2v) is 4.54. The molecule has 0 aromatic heterocycles. The molecule has 106 valence electrons. The maximum absolute atomic E-state index is 12.0. The van der Waals surface area contributed by atoms with Gasteiger partial charge in [-0.2, -0.15) is 0 Å². The smallest absolute Gasteiger partial charge is 0.318 e. The van der Waals surface area contributed by atoms with Crippen molar-refractivity contribution in [2.75, 3.05) is 0 Å². The third-order valence-corrected chi connectivity index (χ3v) is 2.99. The van der Waals surface area contributed by atoms with Crippen LogP contribution in [0.3, 0.4) is 0 Å². The molecule has 6 heteroatoms. The normalized spacial score (nSPS) is 24.1. The number of aliphatic carboxylic acids is 1. The lowest BCUT2D eigenvalue weighted by molar-refractivity contribution is -0.158. The molecule has 3 N–H and O–H groups in total. The Morgan fingerprint density at radius 1 is 1.35 bits per heavy atom. The first-order chi connectivity index (χ1) is 9.51. The van der Waals surface area contributed by atoms with Gasteiger partial charge in [0.1, 0.15) is 18.9 Å². The fraction of sp³-hybridized carbons (Fsp3) is 0.286. The van der Waals surface area contributed by atoms with Crippen LogP contribution in [0.15, 0.2) is 42.7 Å². The second kappa shape index (κ2) is 5.75. The third kappa shape index (κ3) is 3.16. The minimum Gasteiger partial charge on any atom is -0.481 e. The highest BCUT2D eigenvalue weighted by molar-refractivity contribution is 5.78. The van der Waals surface area contributed by atoms with E-state index < -0.39 is 30.0 Å². The van der Waals surface area contributed by atoms with Crippen LogP contribution in [-0.2, 0) is 25.7 Å². The van der Waals surface area contributed by atoms with E-state index in [1.54, 1.807) is 0 Å². The summed E-state index contributed by atoms with van der Waals surface area (Å²) in [6, 6.07) is 9.16. The fourth-order valence-electron chi connectivity index (χ4n) is 1.97. The van der Waals surface area contributed by atoms with Crippen LogP contribution in [0.4, 0.5) is 0 Å². The maximum atomic E-state index is 12.0. The van der Waals surface area contributed by atoms with Crippen LogP contribution in [-0.4, -0.2) is 22.8 Å². The van der Waals surface area contributed by atoms with E-state index in [1.165, 1.54) is 12.3 Å². The van der Waals surface area contributed by atoms with Crippen LogP contribution in [0.25, 0.3) is 0 Å². The molecule has 1 aromatic carbocycles. The number of esters is 1. The van der Waals surface area contributed by atoms with Gasteiger partial charge in [-0.3, -0.25) is 15.3 Å². The summed E-state index contributed by atoms with van der Waals surface area (Å²) < 4.78 is 10.2. The molecule has 6 nitrogen and oxygen atoms in total. The summed E-state index contributed by atoms with van der Waals surface area (Å²) in [5.41, 5.74) is 5.06. The van der Waals surface area contributed by atoms with Crippen molar-refractivity contribution in [2.45, 2.75) is 18.8 Å². The second-order valence-electron chi connectivity index (χ2n) is 4.54. The molecule has 1 aromatic rings. The van der Waals surface area contributed by atoms with Gasteiger partial charge in [0.25, 0.3) is 0 Å². The predicted molar refractivity (Wildman–Crippen MR) is 69.1 cm³/mol. The summed E-state index contributed by atoms with van der Waals surface area (Å²) in [6.45, 7) is 0.104. The van der Waals surface area contributed by atoms with E-state index >= 15 is 0 Å². The zero-order valence-electron chi connectivity index (χ0n) is 10.7. The van der Waals surface area contributed by atoms with Crippen molar-refractivity contribution in [3.05, 3.63) is 48.2 Å². The molecule has 0 radical (unpaired) electrons. The van der Waals surface area contributed by atoms with Gasteiger partial charge >= 0.3 is 11.9 Å². The van der Waals surface area contributed by atoms with E-state index in [0.717, 1.165) is 5.56 Å². The molecule has 1 aliphatic rings. The standard InChI is InChI=1S/C14H15NO5/c15-14(8-12(16)17)11(6-7-20-14)13(18)19-9-10-4-2-1-3-5-10/h1-7,11H,8-9,15H2,(H,16,17)/t11-,14-/m0/s1. The van der Waals surface area contributed by atoms with Crippen molar-refractivity contribution in [1.29, 1.82) is 0 Å². The quantitative estimate of drug-likeness (QED) is 0.780. The van der Waals surface area contributed by atoms with E-state index in [4.69, 9.17) is 20.3 Å². The monoisotopic (exact) mass is 277 g/mol. The van der Waals surface area contributed by atoms with Crippen LogP contribution < -0.4 is 5.73 Å². The van der Waals surface area contributed by atoms with Crippen molar-refractivity contribution < 1.29 is 24.2 Å². The zero-order valence-corrected chi connectivity index (χ0v) is 10.7. The Morgan fingerprint density at radius 3 is 2.70 bits per heavy atom. The van der Waals surface area contributed by atoms with Gasteiger partial charge < -0.3 is 14.6 Å². The number of benzene rings is 1. The summed E-state index contributed by atoms with van der Waals surface area (Å²) in [5, 5.41) is 8.81. The molecular formula is C14H15NO5. The topological polar surface area (TPSA) is 98.9 Å². The van der Waals surface area contributed by atoms with Gasteiger partial charge in [0.2, 0.25) is 0 Å². The molecule has 20 heavy (non-hydrogen) atoms. The first-order valence-corrected chi connectivity index (χ1v) is 6.07. The lowest BCUT2D eigenvalue weighted by Crippen LogP contribution is -2.50. The Balaban J connectivity index is 1.97. The van der Waals surface area contributed by atoms with Crippen molar-refractivity contribution in [3.63, 3.8) is 0 Å². The van der Waals surface area contributed by atoms with Gasteiger partial charge in [-0.1, -0.05) is 30.3 Å². The SMILES string of the molecule is N[C@@]1(CC(=O)O)OC=C[C@H]1C(=O)OCc1ccccc1.